The molecule has 9 aromatic rings. The van der Waals surface area contributed by atoms with Crippen LogP contribution >= 0.6 is 12.6 Å². The summed E-state index contributed by atoms with van der Waals surface area (Å²) in [7, 11) is 0. The normalized spacial score (nSPS) is 12.0. The summed E-state index contributed by atoms with van der Waals surface area (Å²) < 4.78 is 4.88. The summed E-state index contributed by atoms with van der Waals surface area (Å²) in [5, 5.41) is 5.08. The smallest absolute Gasteiger partial charge is 0.0541 e. The van der Waals surface area contributed by atoms with E-state index in [1.807, 2.05) is 0 Å². The molecule has 0 fully saturated rings. The molecule has 0 N–H and O–H groups in total. The molecule has 224 valence electrons. The Morgan fingerprint density at radius 2 is 0.809 bits per heavy atom. The summed E-state index contributed by atoms with van der Waals surface area (Å²) >= 11 is 3.53. The van der Waals surface area contributed by atoms with Crippen molar-refractivity contribution in [2.45, 2.75) is 6.42 Å². The Balaban J connectivity index is 0.00000149. The lowest BCUT2D eigenvalue weighted by atomic mass is 9.97. The summed E-state index contributed by atoms with van der Waals surface area (Å²) in [6.45, 7) is 0. The molecule has 2 nitrogen and oxygen atoms in total. The van der Waals surface area contributed by atoms with Crippen LogP contribution in [0, 0.1) is 0 Å². The molecule has 3 heteroatoms. The lowest BCUT2D eigenvalue weighted by molar-refractivity contribution is 1.13. The number of benzene rings is 7. The van der Waals surface area contributed by atoms with Gasteiger partial charge in [0.1, 0.15) is 0 Å². The molecule has 0 saturated carbocycles. The van der Waals surface area contributed by atoms with Crippen LogP contribution in [0.5, 0.6) is 0 Å². The average molecular weight is 621 g/mol. The Morgan fingerprint density at radius 3 is 1.32 bits per heavy atom. The van der Waals surface area contributed by atoms with Crippen molar-refractivity contribution >= 4 is 56.2 Å². The maximum Gasteiger partial charge on any atom is 0.0541 e. The maximum absolute atomic E-state index is 3.53. The molecule has 0 unspecified atom stereocenters. The van der Waals surface area contributed by atoms with E-state index in [-0.39, 0.29) is 0 Å². The molecule has 1 aliphatic carbocycles. The van der Waals surface area contributed by atoms with Gasteiger partial charge in [-0.15, -0.1) is 0 Å². The fourth-order valence-corrected chi connectivity index (χ4v) is 7.72. The maximum atomic E-state index is 3.53. The minimum atomic E-state index is 1.000. The summed E-state index contributed by atoms with van der Waals surface area (Å²) in [5.41, 5.74) is 15.1. The molecule has 2 heterocycles. The minimum absolute atomic E-state index is 1.000. The third-order valence-corrected chi connectivity index (χ3v) is 9.71. The van der Waals surface area contributed by atoms with E-state index >= 15 is 0 Å². The van der Waals surface area contributed by atoms with Crippen LogP contribution in [0.1, 0.15) is 11.1 Å². The van der Waals surface area contributed by atoms with Gasteiger partial charge in [0.2, 0.25) is 0 Å². The van der Waals surface area contributed by atoms with Gasteiger partial charge in [-0.1, -0.05) is 109 Å². The lowest BCUT2D eigenvalue weighted by Gasteiger charge is -2.16. The third kappa shape index (κ3) is 4.27. The molecule has 0 aliphatic heterocycles. The quantitative estimate of drug-likeness (QED) is 0.188. The van der Waals surface area contributed by atoms with Crippen molar-refractivity contribution in [3.63, 3.8) is 0 Å². The highest BCUT2D eigenvalue weighted by Crippen LogP contribution is 2.41. The third-order valence-electron chi connectivity index (χ3n) is 9.71. The first-order chi connectivity index (χ1) is 23.3. The highest BCUT2D eigenvalue weighted by atomic mass is 32.1. The second kappa shape index (κ2) is 11.1. The van der Waals surface area contributed by atoms with E-state index < -0.39 is 0 Å². The number of fused-ring (bicyclic) bond motifs is 9. The largest absolute Gasteiger partial charge is 0.309 e. The number of para-hydroxylation sites is 4. The van der Waals surface area contributed by atoms with Gasteiger partial charge in [0.25, 0.3) is 0 Å². The van der Waals surface area contributed by atoms with Gasteiger partial charge >= 0.3 is 0 Å². The number of nitrogens with zero attached hydrogens (tertiary/aromatic N) is 2. The molecule has 1 aliphatic rings. The van der Waals surface area contributed by atoms with Gasteiger partial charge in [0.05, 0.1) is 22.1 Å². The van der Waals surface area contributed by atoms with Gasteiger partial charge in [0, 0.05) is 32.9 Å². The second-order valence-electron chi connectivity index (χ2n) is 12.2. The summed E-state index contributed by atoms with van der Waals surface area (Å²) in [4.78, 5) is 0. The van der Waals surface area contributed by atoms with Gasteiger partial charge in [-0.25, -0.2) is 0 Å². The van der Waals surface area contributed by atoms with Crippen LogP contribution in [0.3, 0.4) is 0 Å². The predicted octanol–water partition coefficient (Wildman–Crippen LogP) is 11.7. The average Bonchev–Trinajstić information content (AvgIpc) is 3.80. The van der Waals surface area contributed by atoms with Gasteiger partial charge in [-0.3, -0.25) is 0 Å². The SMILES string of the molecule is CS.c1ccc2c(c1)Cc1ccc(-c3cc(-n4c5ccccc5c5ccccc54)cc(-n4c5ccccc5c5ccccc54)c3)cc1-2. The van der Waals surface area contributed by atoms with Gasteiger partial charge in [-0.05, 0) is 94.6 Å². The molecule has 0 saturated heterocycles. The summed E-state index contributed by atoms with van der Waals surface area (Å²) in [6, 6.07) is 58.1. The van der Waals surface area contributed by atoms with Crippen LogP contribution in [-0.2, 0) is 6.42 Å². The van der Waals surface area contributed by atoms with Crippen molar-refractivity contribution in [3.05, 3.63) is 169 Å². The molecular weight excluding hydrogens is 589 g/mol. The molecular formula is C44H32N2S. The van der Waals surface area contributed by atoms with Crippen molar-refractivity contribution in [1.82, 2.24) is 9.13 Å². The Morgan fingerprint density at radius 1 is 0.383 bits per heavy atom. The fourth-order valence-electron chi connectivity index (χ4n) is 7.72. The number of hydrogen-bond acceptors (Lipinski definition) is 1. The van der Waals surface area contributed by atoms with E-state index in [0.717, 1.165) is 17.8 Å². The molecule has 7 aromatic carbocycles. The van der Waals surface area contributed by atoms with E-state index in [1.54, 1.807) is 6.26 Å². The zero-order chi connectivity index (χ0) is 31.5. The molecule has 0 bridgehead atoms. The Kier molecular flexibility index (Phi) is 6.55. The molecule has 2 aromatic heterocycles. The van der Waals surface area contributed by atoms with E-state index in [0.29, 0.717) is 0 Å². The zero-order valence-electron chi connectivity index (χ0n) is 26.1. The highest BCUT2D eigenvalue weighted by molar-refractivity contribution is 7.79. The number of aromatic nitrogens is 2. The van der Waals surface area contributed by atoms with Gasteiger partial charge in [-0.2, -0.15) is 12.6 Å². The van der Waals surface area contributed by atoms with E-state index in [9.17, 15) is 0 Å². The standard InChI is InChI=1S/C43H28N2.CH4S/c1-2-12-34-29(11-1)23-30-22-21-28(26-39(30)34)31-24-32(44-40-17-7-3-13-35(40)36-14-4-8-18-41(36)44)27-33(25-31)45-42-19-9-5-15-37(42)38-16-6-10-20-43(38)45;1-2/h1-22,24-27H,23H2;2H,1H3. The first-order valence-electron chi connectivity index (χ1n) is 16.1. The monoisotopic (exact) mass is 620 g/mol. The van der Waals surface area contributed by atoms with E-state index in [2.05, 4.69) is 179 Å². The van der Waals surface area contributed by atoms with E-state index in [1.165, 1.54) is 77.0 Å². The van der Waals surface area contributed by atoms with E-state index in [4.69, 9.17) is 0 Å². The molecule has 0 spiro atoms. The topological polar surface area (TPSA) is 9.86 Å². The van der Waals surface area contributed by atoms with Crippen LogP contribution < -0.4 is 0 Å². The minimum Gasteiger partial charge on any atom is -0.309 e. The van der Waals surface area contributed by atoms with Crippen molar-refractivity contribution in [3.8, 4) is 33.6 Å². The van der Waals surface area contributed by atoms with Crippen LogP contribution in [-0.4, -0.2) is 15.4 Å². The van der Waals surface area contributed by atoms with Crippen LogP contribution in [0.15, 0.2) is 158 Å². The van der Waals surface area contributed by atoms with Gasteiger partial charge in [0.15, 0.2) is 0 Å². The first kappa shape index (κ1) is 27.8. The van der Waals surface area contributed by atoms with Crippen LogP contribution in [0.2, 0.25) is 0 Å². The predicted molar refractivity (Wildman–Crippen MR) is 204 cm³/mol. The van der Waals surface area contributed by atoms with Crippen molar-refractivity contribution in [1.29, 1.82) is 0 Å². The first-order valence-corrected chi connectivity index (χ1v) is 17.0. The summed E-state index contributed by atoms with van der Waals surface area (Å²) in [5.74, 6) is 0. The Bertz CT molecular complexity index is 2400. The van der Waals surface area contributed by atoms with Crippen molar-refractivity contribution < 1.29 is 0 Å². The highest BCUT2D eigenvalue weighted by Gasteiger charge is 2.20. The van der Waals surface area contributed by atoms with Crippen molar-refractivity contribution in [2.75, 3.05) is 6.26 Å². The molecule has 47 heavy (non-hydrogen) atoms. The van der Waals surface area contributed by atoms with Gasteiger partial charge < -0.3 is 9.13 Å². The Labute approximate surface area is 279 Å². The van der Waals surface area contributed by atoms with Crippen LogP contribution in [0.4, 0.5) is 0 Å². The number of hydrogen-bond donors (Lipinski definition) is 1. The molecule has 0 atom stereocenters. The lowest BCUT2D eigenvalue weighted by Crippen LogP contribution is -2.00. The van der Waals surface area contributed by atoms with Crippen LogP contribution in [0.25, 0.3) is 77.2 Å². The fraction of sp³-hybridized carbons (Fsp3) is 0.0455. The number of rotatable bonds is 3. The molecule has 0 amide bonds. The zero-order valence-corrected chi connectivity index (χ0v) is 27.0. The summed E-state index contributed by atoms with van der Waals surface area (Å²) in [6.07, 6.45) is 2.69. The number of thiol groups is 1. The second-order valence-corrected chi connectivity index (χ2v) is 12.2. The molecule has 0 radical (unpaired) electrons. The van der Waals surface area contributed by atoms with Crippen molar-refractivity contribution in [2.24, 2.45) is 0 Å². The molecule has 10 rings (SSSR count). The Hall–Kier alpha value is -5.51.